The van der Waals surface area contributed by atoms with Crippen LogP contribution in [0.3, 0.4) is 0 Å². The van der Waals surface area contributed by atoms with E-state index in [4.69, 9.17) is 16.3 Å². The summed E-state index contributed by atoms with van der Waals surface area (Å²) in [5, 5.41) is 3.20. The summed E-state index contributed by atoms with van der Waals surface area (Å²) in [5.74, 6) is -0.669. The van der Waals surface area contributed by atoms with Gasteiger partial charge in [0.25, 0.3) is 10.0 Å². The number of hydrogen-bond acceptors (Lipinski definition) is 5. The minimum Gasteiger partial charge on any atom is -0.495 e. The Bertz CT molecular complexity index is 1600. The summed E-state index contributed by atoms with van der Waals surface area (Å²) in [5.41, 5.74) is 1.77. The predicted molar refractivity (Wildman–Crippen MR) is 164 cm³/mol. The summed E-state index contributed by atoms with van der Waals surface area (Å²) < 4.78 is 34.5. The van der Waals surface area contributed by atoms with Crippen molar-refractivity contribution in [1.29, 1.82) is 0 Å². The number of likely N-dealkylation sites (N-methyl/N-ethyl adjacent to an activating group) is 1. The van der Waals surface area contributed by atoms with Gasteiger partial charge in [-0.2, -0.15) is 0 Å². The molecule has 0 heterocycles. The standard InChI is InChI=1S/C32H32ClN3O5S/c1-34-32(38)29(21-24-11-5-3-6-12-24)35(22-25-17-19-26(33)20-18-25)31(37)23-36(28-15-9-10-16-30(28)41-2)42(39,40)27-13-7-4-8-14-27/h3-20,29H,21-23H2,1-2H3,(H,34,38)/t29-/m0/s1. The highest BCUT2D eigenvalue weighted by molar-refractivity contribution is 7.92. The van der Waals surface area contributed by atoms with Gasteiger partial charge in [-0.05, 0) is 47.5 Å². The Labute approximate surface area is 251 Å². The van der Waals surface area contributed by atoms with Gasteiger partial charge in [-0.3, -0.25) is 13.9 Å². The van der Waals surface area contributed by atoms with Crippen LogP contribution in [0.25, 0.3) is 0 Å². The van der Waals surface area contributed by atoms with Crippen molar-refractivity contribution in [3.8, 4) is 5.75 Å². The number of benzene rings is 4. The Balaban J connectivity index is 1.80. The maximum Gasteiger partial charge on any atom is 0.264 e. The van der Waals surface area contributed by atoms with Crippen LogP contribution >= 0.6 is 11.6 Å². The van der Waals surface area contributed by atoms with Gasteiger partial charge in [-0.15, -0.1) is 0 Å². The molecule has 1 atom stereocenters. The lowest BCUT2D eigenvalue weighted by atomic mass is 10.0. The highest BCUT2D eigenvalue weighted by atomic mass is 35.5. The summed E-state index contributed by atoms with van der Waals surface area (Å²) in [6.45, 7) is -0.528. The van der Waals surface area contributed by atoms with E-state index in [0.29, 0.717) is 5.02 Å². The molecule has 0 spiro atoms. The van der Waals surface area contributed by atoms with E-state index < -0.39 is 28.5 Å². The summed E-state index contributed by atoms with van der Waals surface area (Å²) in [7, 11) is -1.28. The van der Waals surface area contributed by atoms with Gasteiger partial charge in [0.1, 0.15) is 18.3 Å². The SMILES string of the molecule is CNC(=O)[C@H](Cc1ccccc1)N(Cc1ccc(Cl)cc1)C(=O)CN(c1ccccc1OC)S(=O)(=O)c1ccccc1. The van der Waals surface area contributed by atoms with E-state index >= 15 is 0 Å². The lowest BCUT2D eigenvalue weighted by Gasteiger charge is -2.34. The van der Waals surface area contributed by atoms with Gasteiger partial charge in [0.05, 0.1) is 17.7 Å². The number of sulfonamides is 1. The molecule has 4 aromatic rings. The van der Waals surface area contributed by atoms with E-state index in [0.717, 1.165) is 15.4 Å². The molecule has 0 aliphatic heterocycles. The quantitative estimate of drug-likeness (QED) is 0.247. The maximum absolute atomic E-state index is 14.3. The first kappa shape index (κ1) is 30.6. The normalized spacial score (nSPS) is 11.8. The van der Waals surface area contributed by atoms with Crippen LogP contribution in [0.4, 0.5) is 5.69 Å². The second-order valence-corrected chi connectivity index (χ2v) is 11.8. The highest BCUT2D eigenvalue weighted by Gasteiger charge is 2.35. The number of hydrogen-bond donors (Lipinski definition) is 1. The van der Waals surface area contributed by atoms with E-state index in [9.17, 15) is 18.0 Å². The van der Waals surface area contributed by atoms with Crippen molar-refractivity contribution in [2.75, 3.05) is 25.0 Å². The monoisotopic (exact) mass is 605 g/mol. The molecule has 0 fully saturated rings. The van der Waals surface area contributed by atoms with Crippen molar-refractivity contribution in [3.05, 3.63) is 125 Å². The Kier molecular flexibility index (Phi) is 10.2. The molecule has 1 N–H and O–H groups in total. The smallest absolute Gasteiger partial charge is 0.264 e. The average molecular weight is 606 g/mol. The molecule has 0 radical (unpaired) electrons. The van der Waals surface area contributed by atoms with Crippen LogP contribution in [-0.4, -0.2) is 51.9 Å². The number of carbonyl (C=O) groups excluding carboxylic acids is 2. The van der Waals surface area contributed by atoms with E-state index in [1.165, 1.54) is 31.2 Å². The zero-order valence-electron chi connectivity index (χ0n) is 23.3. The topological polar surface area (TPSA) is 96.0 Å². The third kappa shape index (κ3) is 7.29. The van der Waals surface area contributed by atoms with E-state index in [-0.39, 0.29) is 35.2 Å². The zero-order valence-corrected chi connectivity index (χ0v) is 24.9. The van der Waals surface area contributed by atoms with Gasteiger partial charge in [-0.1, -0.05) is 84.4 Å². The number of carbonyl (C=O) groups is 2. The minimum atomic E-state index is -4.22. The Morgan fingerprint density at radius 2 is 1.43 bits per heavy atom. The Morgan fingerprint density at radius 1 is 0.833 bits per heavy atom. The van der Waals surface area contributed by atoms with Crippen LogP contribution in [0.1, 0.15) is 11.1 Å². The highest BCUT2D eigenvalue weighted by Crippen LogP contribution is 2.32. The van der Waals surface area contributed by atoms with Gasteiger partial charge < -0.3 is 15.0 Å². The second-order valence-electron chi connectivity index (χ2n) is 9.46. The molecular formula is C32H32ClN3O5S. The van der Waals surface area contributed by atoms with Crippen molar-refractivity contribution in [1.82, 2.24) is 10.2 Å². The molecule has 10 heteroatoms. The fraction of sp³-hybridized carbons (Fsp3) is 0.188. The number of ether oxygens (including phenoxy) is 1. The molecular weight excluding hydrogens is 574 g/mol. The van der Waals surface area contributed by atoms with E-state index in [1.807, 2.05) is 30.3 Å². The summed E-state index contributed by atoms with van der Waals surface area (Å²) in [6, 6.07) is 29.8. The fourth-order valence-corrected chi connectivity index (χ4v) is 6.15. The molecule has 2 amide bonds. The first-order valence-electron chi connectivity index (χ1n) is 13.2. The third-order valence-corrected chi connectivity index (χ3v) is 8.77. The second kappa shape index (κ2) is 14.0. The van der Waals surface area contributed by atoms with Crippen molar-refractivity contribution in [2.24, 2.45) is 0 Å². The molecule has 4 rings (SSSR count). The van der Waals surface area contributed by atoms with Crippen molar-refractivity contribution >= 4 is 39.1 Å². The van der Waals surface area contributed by atoms with Crippen molar-refractivity contribution in [3.63, 3.8) is 0 Å². The van der Waals surface area contributed by atoms with Crippen LogP contribution in [0, 0.1) is 0 Å². The number of para-hydroxylation sites is 2. The molecule has 42 heavy (non-hydrogen) atoms. The Hall–Kier alpha value is -4.34. The maximum atomic E-state index is 14.3. The number of methoxy groups -OCH3 is 1. The summed E-state index contributed by atoms with van der Waals surface area (Å²) >= 11 is 6.10. The first-order chi connectivity index (χ1) is 20.2. The van der Waals surface area contributed by atoms with Crippen LogP contribution in [0.5, 0.6) is 5.75 Å². The number of rotatable bonds is 12. The molecule has 4 aromatic carbocycles. The number of halogens is 1. The van der Waals surface area contributed by atoms with Crippen LogP contribution in [0.2, 0.25) is 5.02 Å². The number of nitrogens with one attached hydrogen (secondary N) is 1. The lowest BCUT2D eigenvalue weighted by molar-refractivity contribution is -0.139. The predicted octanol–water partition coefficient (Wildman–Crippen LogP) is 4.93. The average Bonchev–Trinajstić information content (AvgIpc) is 3.02. The molecule has 218 valence electrons. The molecule has 0 bridgehead atoms. The van der Waals surface area contributed by atoms with Gasteiger partial charge in [-0.25, -0.2) is 8.42 Å². The van der Waals surface area contributed by atoms with Crippen LogP contribution < -0.4 is 14.4 Å². The molecule has 0 aliphatic rings. The molecule has 0 aromatic heterocycles. The number of anilines is 1. The van der Waals surface area contributed by atoms with Gasteiger partial charge in [0.15, 0.2) is 0 Å². The zero-order chi connectivity index (χ0) is 30.1. The first-order valence-corrected chi connectivity index (χ1v) is 15.1. The lowest BCUT2D eigenvalue weighted by Crippen LogP contribution is -2.53. The van der Waals surface area contributed by atoms with Gasteiger partial charge in [0, 0.05) is 25.0 Å². The van der Waals surface area contributed by atoms with Crippen LogP contribution in [0.15, 0.2) is 114 Å². The van der Waals surface area contributed by atoms with Crippen molar-refractivity contribution < 1.29 is 22.7 Å². The molecule has 0 unspecified atom stereocenters. The van der Waals surface area contributed by atoms with Crippen molar-refractivity contribution in [2.45, 2.75) is 23.9 Å². The molecule has 0 saturated carbocycles. The minimum absolute atomic E-state index is 0.0140. The molecule has 8 nitrogen and oxygen atoms in total. The van der Waals surface area contributed by atoms with E-state index in [1.54, 1.807) is 66.7 Å². The van der Waals surface area contributed by atoms with Gasteiger partial charge in [0.2, 0.25) is 11.8 Å². The summed E-state index contributed by atoms with van der Waals surface area (Å²) in [6.07, 6.45) is 0.222. The number of amides is 2. The van der Waals surface area contributed by atoms with Gasteiger partial charge >= 0.3 is 0 Å². The molecule has 0 saturated heterocycles. The summed E-state index contributed by atoms with van der Waals surface area (Å²) in [4.78, 5) is 29.0. The van der Waals surface area contributed by atoms with E-state index in [2.05, 4.69) is 5.32 Å². The third-order valence-electron chi connectivity index (χ3n) is 6.75. The molecule has 0 aliphatic carbocycles. The largest absolute Gasteiger partial charge is 0.495 e. The Morgan fingerprint density at radius 3 is 2.05 bits per heavy atom. The van der Waals surface area contributed by atoms with Crippen LogP contribution in [-0.2, 0) is 32.6 Å². The number of nitrogens with zero attached hydrogens (tertiary/aromatic N) is 2. The fourth-order valence-electron chi connectivity index (χ4n) is 4.58.